The molecule has 0 bridgehead atoms. The second-order valence-electron chi connectivity index (χ2n) is 4.65. The first-order chi connectivity index (χ1) is 8.69. The number of nitrogens with zero attached hydrogens (tertiary/aromatic N) is 1. The zero-order valence-electron chi connectivity index (χ0n) is 10.2. The van der Waals surface area contributed by atoms with Crippen LogP contribution in [0.25, 0.3) is 0 Å². The number of anilines is 1. The summed E-state index contributed by atoms with van der Waals surface area (Å²) in [7, 11) is 0. The number of para-hydroxylation sites is 1. The van der Waals surface area contributed by atoms with Crippen LogP contribution in [0.4, 0.5) is 5.69 Å². The molecule has 4 nitrogen and oxygen atoms in total. The summed E-state index contributed by atoms with van der Waals surface area (Å²) in [6.07, 6.45) is 1.10. The molecule has 1 fully saturated rings. The maximum atomic E-state index is 11.9. The van der Waals surface area contributed by atoms with Crippen molar-refractivity contribution in [1.82, 2.24) is 4.90 Å². The molecule has 1 aliphatic rings. The Kier molecular flexibility index (Phi) is 4.96. The van der Waals surface area contributed by atoms with E-state index < -0.39 is 0 Å². The molecule has 1 saturated heterocycles. The quantitative estimate of drug-likeness (QED) is 0.802. The molecule has 1 unspecified atom stereocenters. The summed E-state index contributed by atoms with van der Waals surface area (Å²) in [6.45, 7) is 3.09. The number of nitrogens with two attached hydrogens (primary N) is 1. The van der Waals surface area contributed by atoms with Gasteiger partial charge in [-0.15, -0.1) is 0 Å². The third-order valence-corrected chi connectivity index (χ3v) is 4.16. The average Bonchev–Trinajstić information content (AvgIpc) is 2.80. The van der Waals surface area contributed by atoms with E-state index in [0.717, 1.165) is 28.8 Å². The lowest BCUT2D eigenvalue weighted by Gasteiger charge is -2.15. The van der Waals surface area contributed by atoms with Crippen LogP contribution in [-0.4, -0.2) is 37.0 Å². The van der Waals surface area contributed by atoms with E-state index in [1.807, 2.05) is 24.3 Å². The number of benzene rings is 1. The van der Waals surface area contributed by atoms with Crippen LogP contribution >= 0.6 is 22.6 Å². The topological polar surface area (TPSA) is 58.4 Å². The second kappa shape index (κ2) is 6.49. The molecule has 0 saturated carbocycles. The summed E-state index contributed by atoms with van der Waals surface area (Å²) in [5.74, 6) is 0.603. The highest BCUT2D eigenvalue weighted by Crippen LogP contribution is 2.18. The number of likely N-dealkylation sites (tertiary alicyclic amines) is 1. The van der Waals surface area contributed by atoms with E-state index >= 15 is 0 Å². The fraction of sp³-hybridized carbons (Fsp3) is 0.462. The molecule has 1 aliphatic heterocycles. The number of hydrogen-bond donors (Lipinski definition) is 2. The Labute approximate surface area is 121 Å². The first-order valence-corrected chi connectivity index (χ1v) is 7.23. The number of carbonyl (C=O) groups excluding carboxylic acids is 1. The number of rotatable bonds is 4. The Morgan fingerprint density at radius 2 is 2.28 bits per heavy atom. The normalized spacial score (nSPS) is 20.0. The highest BCUT2D eigenvalue weighted by Gasteiger charge is 2.22. The minimum atomic E-state index is 0.0526. The number of carbonyl (C=O) groups is 1. The molecule has 0 aromatic heterocycles. The fourth-order valence-electron chi connectivity index (χ4n) is 2.20. The molecule has 1 atom stereocenters. The molecule has 0 aliphatic carbocycles. The standard InChI is InChI=1S/C13H18IN3O/c14-11-3-1-2-4-12(11)16-13(18)9-17-6-5-10(7-15)8-17/h1-4,10H,5-9,15H2,(H,16,18). The van der Waals surface area contributed by atoms with Gasteiger partial charge in [-0.25, -0.2) is 0 Å². The third kappa shape index (κ3) is 3.66. The average molecular weight is 359 g/mol. The summed E-state index contributed by atoms with van der Waals surface area (Å²) < 4.78 is 1.06. The Morgan fingerprint density at radius 1 is 1.50 bits per heavy atom. The summed E-state index contributed by atoms with van der Waals surface area (Å²) in [6, 6.07) is 7.80. The van der Waals surface area contributed by atoms with Crippen LogP contribution in [-0.2, 0) is 4.79 Å². The number of nitrogens with one attached hydrogen (secondary N) is 1. The van der Waals surface area contributed by atoms with E-state index in [0.29, 0.717) is 19.0 Å². The van der Waals surface area contributed by atoms with Gasteiger partial charge in [0.15, 0.2) is 0 Å². The molecule has 2 rings (SSSR count). The summed E-state index contributed by atoms with van der Waals surface area (Å²) in [5, 5.41) is 2.95. The van der Waals surface area contributed by atoms with Gasteiger partial charge in [0.25, 0.3) is 0 Å². The van der Waals surface area contributed by atoms with Crippen LogP contribution in [0, 0.1) is 9.49 Å². The van der Waals surface area contributed by atoms with E-state index in [1.165, 1.54) is 0 Å². The minimum absolute atomic E-state index is 0.0526. The Bertz CT molecular complexity index is 424. The lowest BCUT2D eigenvalue weighted by atomic mass is 10.1. The largest absolute Gasteiger partial charge is 0.330 e. The molecule has 1 aromatic rings. The molecule has 1 amide bonds. The van der Waals surface area contributed by atoms with Gasteiger partial charge in [0.05, 0.1) is 12.2 Å². The van der Waals surface area contributed by atoms with Gasteiger partial charge in [0.1, 0.15) is 0 Å². The number of halogens is 1. The Balaban J connectivity index is 1.84. The van der Waals surface area contributed by atoms with Crippen molar-refractivity contribution in [2.24, 2.45) is 11.7 Å². The van der Waals surface area contributed by atoms with Crippen molar-refractivity contribution in [2.45, 2.75) is 6.42 Å². The zero-order chi connectivity index (χ0) is 13.0. The molecule has 1 heterocycles. The van der Waals surface area contributed by atoms with Gasteiger partial charge in [-0.2, -0.15) is 0 Å². The van der Waals surface area contributed by atoms with Crippen LogP contribution in [0.3, 0.4) is 0 Å². The van der Waals surface area contributed by atoms with Gasteiger partial charge < -0.3 is 11.1 Å². The predicted molar refractivity (Wildman–Crippen MR) is 81.4 cm³/mol. The summed E-state index contributed by atoms with van der Waals surface area (Å²) in [5.41, 5.74) is 6.53. The monoisotopic (exact) mass is 359 g/mol. The molecule has 3 N–H and O–H groups in total. The molecular formula is C13H18IN3O. The predicted octanol–water partition coefficient (Wildman–Crippen LogP) is 1.51. The zero-order valence-corrected chi connectivity index (χ0v) is 12.4. The minimum Gasteiger partial charge on any atom is -0.330 e. The van der Waals surface area contributed by atoms with Crippen LogP contribution < -0.4 is 11.1 Å². The molecule has 1 aromatic carbocycles. The fourth-order valence-corrected chi connectivity index (χ4v) is 2.73. The maximum absolute atomic E-state index is 11.9. The highest BCUT2D eigenvalue weighted by atomic mass is 127. The van der Waals surface area contributed by atoms with Crippen LogP contribution in [0.5, 0.6) is 0 Å². The third-order valence-electron chi connectivity index (χ3n) is 3.22. The molecular weight excluding hydrogens is 341 g/mol. The lowest BCUT2D eigenvalue weighted by molar-refractivity contribution is -0.117. The van der Waals surface area contributed by atoms with Gasteiger partial charge in [0.2, 0.25) is 5.91 Å². The van der Waals surface area contributed by atoms with Gasteiger partial charge >= 0.3 is 0 Å². The van der Waals surface area contributed by atoms with E-state index in [-0.39, 0.29) is 5.91 Å². The van der Waals surface area contributed by atoms with Gasteiger partial charge in [0, 0.05) is 10.1 Å². The summed E-state index contributed by atoms with van der Waals surface area (Å²) in [4.78, 5) is 14.1. The van der Waals surface area contributed by atoms with Crippen molar-refractivity contribution >= 4 is 34.2 Å². The Morgan fingerprint density at radius 3 is 2.94 bits per heavy atom. The highest BCUT2D eigenvalue weighted by molar-refractivity contribution is 14.1. The number of hydrogen-bond acceptors (Lipinski definition) is 3. The van der Waals surface area contributed by atoms with Crippen molar-refractivity contribution in [3.63, 3.8) is 0 Å². The second-order valence-corrected chi connectivity index (χ2v) is 5.82. The van der Waals surface area contributed by atoms with E-state index in [1.54, 1.807) is 0 Å². The van der Waals surface area contributed by atoms with Crippen molar-refractivity contribution in [3.8, 4) is 0 Å². The molecule has 0 spiro atoms. The number of amides is 1. The molecule has 18 heavy (non-hydrogen) atoms. The van der Waals surface area contributed by atoms with Crippen LogP contribution in [0.1, 0.15) is 6.42 Å². The SMILES string of the molecule is NCC1CCN(CC(=O)Nc2ccccc2I)C1. The van der Waals surface area contributed by atoms with Crippen molar-refractivity contribution in [3.05, 3.63) is 27.8 Å². The molecule has 5 heteroatoms. The van der Waals surface area contributed by atoms with E-state index in [9.17, 15) is 4.79 Å². The summed E-state index contributed by atoms with van der Waals surface area (Å²) >= 11 is 2.22. The van der Waals surface area contributed by atoms with E-state index in [2.05, 4.69) is 32.8 Å². The van der Waals surface area contributed by atoms with Crippen LogP contribution in [0.2, 0.25) is 0 Å². The van der Waals surface area contributed by atoms with Crippen molar-refractivity contribution in [1.29, 1.82) is 0 Å². The van der Waals surface area contributed by atoms with Gasteiger partial charge in [-0.05, 0) is 60.2 Å². The molecule has 0 radical (unpaired) electrons. The van der Waals surface area contributed by atoms with Crippen molar-refractivity contribution in [2.75, 3.05) is 31.5 Å². The first kappa shape index (κ1) is 13.8. The lowest BCUT2D eigenvalue weighted by Crippen LogP contribution is -2.32. The Hall–Kier alpha value is -0.660. The smallest absolute Gasteiger partial charge is 0.238 e. The van der Waals surface area contributed by atoms with E-state index in [4.69, 9.17) is 5.73 Å². The first-order valence-electron chi connectivity index (χ1n) is 6.16. The maximum Gasteiger partial charge on any atom is 0.238 e. The van der Waals surface area contributed by atoms with Gasteiger partial charge in [-0.1, -0.05) is 12.1 Å². The van der Waals surface area contributed by atoms with Crippen LogP contribution in [0.15, 0.2) is 24.3 Å². The van der Waals surface area contributed by atoms with Gasteiger partial charge in [-0.3, -0.25) is 9.69 Å². The van der Waals surface area contributed by atoms with Crippen molar-refractivity contribution < 1.29 is 4.79 Å². The molecule has 98 valence electrons.